The summed E-state index contributed by atoms with van der Waals surface area (Å²) >= 11 is 0. The third-order valence-corrected chi connectivity index (χ3v) is 4.97. The molecule has 0 spiro atoms. The Morgan fingerprint density at radius 3 is 2.36 bits per heavy atom. The Hall–Kier alpha value is -4.61. The third-order valence-electron chi connectivity index (χ3n) is 4.97. The van der Waals surface area contributed by atoms with E-state index in [0.717, 1.165) is 0 Å². The van der Waals surface area contributed by atoms with Crippen LogP contribution in [-0.4, -0.2) is 21.6 Å². The first kappa shape index (κ1) is 24.5. The van der Waals surface area contributed by atoms with Crippen LogP contribution in [0.4, 0.5) is 23.2 Å². The summed E-state index contributed by atoms with van der Waals surface area (Å²) < 4.78 is 65.5. The van der Waals surface area contributed by atoms with E-state index in [-0.39, 0.29) is 29.6 Å². The summed E-state index contributed by atoms with van der Waals surface area (Å²) in [6.45, 7) is -0.281. The van der Waals surface area contributed by atoms with Crippen LogP contribution in [0.25, 0.3) is 0 Å². The van der Waals surface area contributed by atoms with Gasteiger partial charge in [-0.15, -0.1) is 0 Å². The van der Waals surface area contributed by atoms with Gasteiger partial charge in [0.1, 0.15) is 12.4 Å². The van der Waals surface area contributed by atoms with Crippen LogP contribution >= 0.6 is 0 Å². The number of furan rings is 1. The molecule has 0 aliphatic carbocycles. The van der Waals surface area contributed by atoms with Crippen LogP contribution in [-0.2, 0) is 20.2 Å². The molecule has 186 valence electrons. The van der Waals surface area contributed by atoms with Gasteiger partial charge in [-0.2, -0.15) is 13.9 Å². The Balaban J connectivity index is 1.40. The molecule has 2 aromatic carbocycles. The van der Waals surface area contributed by atoms with Crippen LogP contribution in [0.2, 0.25) is 0 Å². The molecule has 0 saturated heterocycles. The number of hydrogen-bond acceptors (Lipinski definition) is 5. The van der Waals surface area contributed by atoms with E-state index in [1.165, 1.54) is 41.4 Å². The molecule has 2 amide bonds. The van der Waals surface area contributed by atoms with E-state index < -0.39 is 47.4 Å². The van der Waals surface area contributed by atoms with E-state index in [1.807, 2.05) is 0 Å². The predicted molar refractivity (Wildman–Crippen MR) is 118 cm³/mol. The quantitative estimate of drug-likeness (QED) is 0.276. The van der Waals surface area contributed by atoms with Crippen LogP contribution in [0, 0.1) is 23.3 Å². The first-order chi connectivity index (χ1) is 17.2. The Labute approximate surface area is 201 Å². The first-order valence-corrected chi connectivity index (χ1v) is 10.4. The molecule has 0 saturated carbocycles. The molecular formula is C24H18F4N4O4. The van der Waals surface area contributed by atoms with Gasteiger partial charge in [0.25, 0.3) is 11.8 Å². The highest BCUT2D eigenvalue weighted by atomic mass is 19.2. The molecule has 0 atom stereocenters. The monoisotopic (exact) mass is 502 g/mol. The zero-order valence-corrected chi connectivity index (χ0v) is 18.6. The van der Waals surface area contributed by atoms with Gasteiger partial charge in [-0.1, -0.05) is 12.1 Å². The average Bonchev–Trinajstić information content (AvgIpc) is 3.51. The average molecular weight is 502 g/mol. The highest BCUT2D eigenvalue weighted by Gasteiger charge is 2.21. The van der Waals surface area contributed by atoms with Crippen molar-refractivity contribution in [3.8, 4) is 5.75 Å². The SMILES string of the molecule is Cn1cc(NC(=O)c2ccc(COc3c(F)c(F)cc(F)c3F)cc2)c(C(=O)NCc2ccco2)n1. The zero-order valence-electron chi connectivity index (χ0n) is 18.6. The fourth-order valence-electron chi connectivity index (χ4n) is 3.19. The van der Waals surface area contributed by atoms with Crippen LogP contribution in [0.5, 0.6) is 5.75 Å². The molecule has 4 aromatic rings. The highest BCUT2D eigenvalue weighted by Crippen LogP contribution is 2.27. The van der Waals surface area contributed by atoms with Gasteiger partial charge in [-0.25, -0.2) is 8.78 Å². The minimum Gasteiger partial charge on any atom is -0.483 e. The third kappa shape index (κ3) is 5.37. The van der Waals surface area contributed by atoms with E-state index in [2.05, 4.69) is 15.7 Å². The number of benzene rings is 2. The summed E-state index contributed by atoms with van der Waals surface area (Å²) in [5.41, 5.74) is 0.729. The number of aryl methyl sites for hydroxylation is 1. The summed E-state index contributed by atoms with van der Waals surface area (Å²) in [4.78, 5) is 25.2. The number of carbonyl (C=O) groups is 2. The number of aromatic nitrogens is 2. The first-order valence-electron chi connectivity index (χ1n) is 10.4. The molecule has 0 aliphatic rings. The molecule has 8 nitrogen and oxygen atoms in total. The molecule has 2 aromatic heterocycles. The van der Waals surface area contributed by atoms with Crippen LogP contribution in [0.15, 0.2) is 59.3 Å². The molecule has 0 radical (unpaired) electrons. The molecule has 0 aliphatic heterocycles. The number of anilines is 1. The minimum absolute atomic E-state index is 0.00574. The second-order valence-electron chi connectivity index (χ2n) is 7.56. The number of carbonyl (C=O) groups excluding carboxylic acids is 2. The maximum absolute atomic E-state index is 13.7. The van der Waals surface area contributed by atoms with Gasteiger partial charge in [0.15, 0.2) is 23.1 Å². The van der Waals surface area contributed by atoms with Gasteiger partial charge in [0.05, 0.1) is 18.5 Å². The van der Waals surface area contributed by atoms with E-state index >= 15 is 0 Å². The Kier molecular flexibility index (Phi) is 7.04. The van der Waals surface area contributed by atoms with Crippen molar-refractivity contribution >= 4 is 17.5 Å². The number of ether oxygens (including phenoxy) is 1. The molecule has 4 rings (SSSR count). The summed E-state index contributed by atoms with van der Waals surface area (Å²) in [7, 11) is 1.59. The minimum atomic E-state index is -1.65. The summed E-state index contributed by atoms with van der Waals surface area (Å²) in [6.07, 6.45) is 2.94. The summed E-state index contributed by atoms with van der Waals surface area (Å²) in [5.74, 6) is -8.18. The lowest BCUT2D eigenvalue weighted by Gasteiger charge is -2.10. The van der Waals surface area contributed by atoms with Crippen molar-refractivity contribution in [1.82, 2.24) is 15.1 Å². The van der Waals surface area contributed by atoms with E-state index in [0.29, 0.717) is 11.3 Å². The maximum Gasteiger partial charge on any atom is 0.274 e. The molecular weight excluding hydrogens is 484 g/mol. The van der Waals surface area contributed by atoms with Crippen LogP contribution in [0.3, 0.4) is 0 Å². The van der Waals surface area contributed by atoms with Crippen molar-refractivity contribution in [2.45, 2.75) is 13.2 Å². The molecule has 0 bridgehead atoms. The van der Waals surface area contributed by atoms with E-state index in [4.69, 9.17) is 9.15 Å². The van der Waals surface area contributed by atoms with Crippen molar-refractivity contribution in [2.75, 3.05) is 5.32 Å². The fourth-order valence-corrected chi connectivity index (χ4v) is 3.19. The maximum atomic E-state index is 13.7. The Morgan fingerprint density at radius 1 is 1.03 bits per heavy atom. The lowest BCUT2D eigenvalue weighted by Crippen LogP contribution is -2.25. The molecule has 0 unspecified atom stereocenters. The number of amides is 2. The molecule has 36 heavy (non-hydrogen) atoms. The Bertz CT molecular complexity index is 1380. The van der Waals surface area contributed by atoms with Crippen molar-refractivity contribution in [3.63, 3.8) is 0 Å². The highest BCUT2D eigenvalue weighted by molar-refractivity contribution is 6.08. The van der Waals surface area contributed by atoms with Crippen LogP contribution in [0.1, 0.15) is 32.2 Å². The van der Waals surface area contributed by atoms with Gasteiger partial charge in [0.2, 0.25) is 11.6 Å². The van der Waals surface area contributed by atoms with Gasteiger partial charge < -0.3 is 19.8 Å². The number of hydrogen-bond donors (Lipinski definition) is 2. The lowest BCUT2D eigenvalue weighted by atomic mass is 10.1. The second kappa shape index (κ2) is 10.3. The van der Waals surface area contributed by atoms with Gasteiger partial charge in [0, 0.05) is 24.9 Å². The molecule has 12 heteroatoms. The second-order valence-corrected chi connectivity index (χ2v) is 7.56. The van der Waals surface area contributed by atoms with Crippen molar-refractivity contribution in [3.05, 3.63) is 101 Å². The van der Waals surface area contributed by atoms with Gasteiger partial charge >= 0.3 is 0 Å². The number of rotatable bonds is 8. The summed E-state index contributed by atoms with van der Waals surface area (Å²) in [6, 6.07) is 9.13. The molecule has 2 N–H and O–H groups in total. The Morgan fingerprint density at radius 2 is 1.72 bits per heavy atom. The van der Waals surface area contributed by atoms with E-state index in [9.17, 15) is 27.2 Å². The summed E-state index contributed by atoms with van der Waals surface area (Å²) in [5, 5.41) is 9.33. The standard InChI is InChI=1S/C24H18F4N4O4/c1-32-11-18(21(31-32)24(34)29-10-15-3-2-8-35-15)30-23(33)14-6-4-13(5-7-14)12-36-22-19(27)16(25)9-17(26)20(22)28/h2-9,11H,10,12H2,1H3,(H,29,34)(H,30,33). The van der Waals surface area contributed by atoms with Crippen LogP contribution < -0.4 is 15.4 Å². The molecule has 0 fully saturated rings. The number of nitrogens with zero attached hydrogens (tertiary/aromatic N) is 2. The predicted octanol–water partition coefficient (Wildman–Crippen LogP) is 4.33. The molecule has 2 heterocycles. The van der Waals surface area contributed by atoms with Crippen molar-refractivity contribution in [2.24, 2.45) is 7.05 Å². The largest absolute Gasteiger partial charge is 0.483 e. The van der Waals surface area contributed by atoms with Crippen molar-refractivity contribution in [1.29, 1.82) is 0 Å². The zero-order chi connectivity index (χ0) is 25.8. The topological polar surface area (TPSA) is 98.4 Å². The van der Waals surface area contributed by atoms with Crippen molar-refractivity contribution < 1.29 is 36.3 Å². The smallest absolute Gasteiger partial charge is 0.274 e. The van der Waals surface area contributed by atoms with Gasteiger partial charge in [-0.05, 0) is 29.8 Å². The van der Waals surface area contributed by atoms with E-state index in [1.54, 1.807) is 19.2 Å². The fraction of sp³-hybridized carbons (Fsp3) is 0.125. The number of nitrogens with one attached hydrogen (secondary N) is 2. The normalized spacial score (nSPS) is 10.8. The van der Waals surface area contributed by atoms with Gasteiger partial charge in [-0.3, -0.25) is 14.3 Å². The lowest BCUT2D eigenvalue weighted by molar-refractivity contribution is 0.0943. The number of halogens is 4.